The number of halogens is 1. The molecule has 1 aromatic carbocycles. The predicted molar refractivity (Wildman–Crippen MR) is 99.4 cm³/mol. The number of hydrogen-bond donors (Lipinski definition) is 1. The maximum Gasteiger partial charge on any atom is 0.294 e. The molecule has 0 aliphatic heterocycles. The molecule has 2 aromatic rings. The Bertz CT molecular complexity index is 868. The SMILES string of the molecule is CNCCN(C)C(=O)c1nn(-c2ccccc2[N+](=O)[O-])c(C)cc1=O.Cl. The lowest BCUT2D eigenvalue weighted by molar-refractivity contribution is -0.384. The molecule has 0 spiro atoms. The molecule has 0 aliphatic rings. The summed E-state index contributed by atoms with van der Waals surface area (Å²) in [5, 5.41) is 18.3. The van der Waals surface area contributed by atoms with Gasteiger partial charge >= 0.3 is 0 Å². The van der Waals surface area contributed by atoms with E-state index in [-0.39, 0.29) is 29.5 Å². The minimum absolute atomic E-state index is 0. The molecule has 0 radical (unpaired) electrons. The van der Waals surface area contributed by atoms with Gasteiger partial charge in [0.2, 0.25) is 5.43 Å². The van der Waals surface area contributed by atoms with Gasteiger partial charge in [0, 0.05) is 38.0 Å². The number of aryl methyl sites for hydroxylation is 1. The zero-order valence-corrected chi connectivity index (χ0v) is 15.4. The number of benzene rings is 1. The Balaban J connectivity index is 0.00000338. The molecule has 1 amide bonds. The molecule has 0 fully saturated rings. The fourth-order valence-corrected chi connectivity index (χ4v) is 2.30. The summed E-state index contributed by atoms with van der Waals surface area (Å²) in [7, 11) is 3.32. The van der Waals surface area contributed by atoms with Crippen molar-refractivity contribution < 1.29 is 9.72 Å². The summed E-state index contributed by atoms with van der Waals surface area (Å²) >= 11 is 0. The van der Waals surface area contributed by atoms with Gasteiger partial charge in [-0.05, 0) is 20.0 Å². The lowest BCUT2D eigenvalue weighted by Crippen LogP contribution is -2.37. The summed E-state index contributed by atoms with van der Waals surface area (Å²) in [5.41, 5.74) is -0.370. The second kappa shape index (κ2) is 9.07. The number of nitrogens with zero attached hydrogens (tertiary/aromatic N) is 4. The molecule has 0 atom stereocenters. The predicted octanol–water partition coefficient (Wildman–Crippen LogP) is 1.16. The van der Waals surface area contributed by atoms with Gasteiger partial charge in [-0.25, -0.2) is 4.68 Å². The van der Waals surface area contributed by atoms with E-state index >= 15 is 0 Å². The van der Waals surface area contributed by atoms with E-state index in [1.807, 2.05) is 0 Å². The van der Waals surface area contributed by atoms with Crippen LogP contribution in [-0.4, -0.2) is 52.7 Å². The van der Waals surface area contributed by atoms with Crippen molar-refractivity contribution in [3.63, 3.8) is 0 Å². The molecule has 1 heterocycles. The molecule has 1 aromatic heterocycles. The summed E-state index contributed by atoms with van der Waals surface area (Å²) in [4.78, 5) is 36.7. The van der Waals surface area contributed by atoms with Crippen molar-refractivity contribution in [2.24, 2.45) is 0 Å². The van der Waals surface area contributed by atoms with Crippen molar-refractivity contribution in [1.82, 2.24) is 20.0 Å². The van der Waals surface area contributed by atoms with Gasteiger partial charge in [-0.3, -0.25) is 19.7 Å². The Morgan fingerprint density at radius 1 is 1.38 bits per heavy atom. The minimum atomic E-state index is -0.535. The third-order valence-electron chi connectivity index (χ3n) is 3.66. The van der Waals surface area contributed by atoms with Crippen LogP contribution in [0.15, 0.2) is 35.1 Å². The number of nitrogens with one attached hydrogen (secondary N) is 1. The van der Waals surface area contributed by atoms with Crippen molar-refractivity contribution in [3.05, 3.63) is 62.1 Å². The Morgan fingerprint density at radius 3 is 2.65 bits per heavy atom. The number of para-hydroxylation sites is 2. The Morgan fingerprint density at radius 2 is 2.04 bits per heavy atom. The molecule has 26 heavy (non-hydrogen) atoms. The molecular formula is C16H20ClN5O4. The van der Waals surface area contributed by atoms with Gasteiger partial charge in [0.15, 0.2) is 5.69 Å². The zero-order valence-electron chi connectivity index (χ0n) is 14.6. The number of rotatable bonds is 6. The summed E-state index contributed by atoms with van der Waals surface area (Å²) in [6.45, 7) is 2.56. The molecule has 0 bridgehead atoms. The van der Waals surface area contributed by atoms with Gasteiger partial charge in [-0.15, -0.1) is 12.4 Å². The van der Waals surface area contributed by atoms with Crippen molar-refractivity contribution in [3.8, 4) is 5.69 Å². The van der Waals surface area contributed by atoms with Gasteiger partial charge in [0.1, 0.15) is 5.69 Å². The lowest BCUT2D eigenvalue weighted by Gasteiger charge is -2.17. The largest absolute Gasteiger partial charge is 0.339 e. The highest BCUT2D eigenvalue weighted by Crippen LogP contribution is 2.22. The van der Waals surface area contributed by atoms with Crippen LogP contribution in [0, 0.1) is 17.0 Å². The standard InChI is InChI=1S/C16H19N5O4.ClH/c1-11-10-14(22)15(16(23)19(3)9-8-17-2)18-20(11)12-6-4-5-7-13(12)21(24)25;/h4-7,10,17H,8-9H2,1-3H3;1H. The lowest BCUT2D eigenvalue weighted by atomic mass is 10.2. The smallest absolute Gasteiger partial charge is 0.294 e. The van der Waals surface area contributed by atoms with Crippen molar-refractivity contribution in [2.75, 3.05) is 27.2 Å². The van der Waals surface area contributed by atoms with Crippen LogP contribution in [0.5, 0.6) is 0 Å². The number of aromatic nitrogens is 2. The second-order valence-electron chi connectivity index (χ2n) is 5.49. The van der Waals surface area contributed by atoms with Crippen molar-refractivity contribution >= 4 is 24.0 Å². The average Bonchev–Trinajstić information content (AvgIpc) is 2.59. The first-order valence-electron chi connectivity index (χ1n) is 7.61. The fraction of sp³-hybridized carbons (Fsp3) is 0.312. The van der Waals surface area contributed by atoms with Gasteiger partial charge in [0.25, 0.3) is 11.6 Å². The number of nitro groups is 1. The van der Waals surface area contributed by atoms with E-state index in [0.29, 0.717) is 18.8 Å². The summed E-state index contributed by atoms with van der Waals surface area (Å²) in [6, 6.07) is 7.28. The maximum absolute atomic E-state index is 12.5. The number of hydrogen-bond acceptors (Lipinski definition) is 6. The van der Waals surface area contributed by atoms with Crippen LogP contribution in [-0.2, 0) is 0 Å². The van der Waals surface area contributed by atoms with E-state index in [4.69, 9.17) is 0 Å². The number of likely N-dealkylation sites (N-methyl/N-ethyl adjacent to an activating group) is 2. The molecule has 9 nitrogen and oxygen atoms in total. The highest BCUT2D eigenvalue weighted by molar-refractivity contribution is 5.91. The maximum atomic E-state index is 12.5. The van der Waals surface area contributed by atoms with E-state index in [9.17, 15) is 19.7 Å². The number of carbonyl (C=O) groups excluding carboxylic acids is 1. The topological polar surface area (TPSA) is 110 Å². The fourth-order valence-electron chi connectivity index (χ4n) is 2.30. The summed E-state index contributed by atoms with van der Waals surface area (Å²) in [5.74, 6) is -0.535. The molecule has 0 saturated heterocycles. The van der Waals surface area contributed by atoms with Crippen LogP contribution in [0.3, 0.4) is 0 Å². The van der Waals surface area contributed by atoms with E-state index < -0.39 is 16.3 Å². The normalized spacial score (nSPS) is 10.1. The van der Waals surface area contributed by atoms with Crippen LogP contribution >= 0.6 is 12.4 Å². The van der Waals surface area contributed by atoms with E-state index in [1.165, 1.54) is 33.8 Å². The molecule has 0 unspecified atom stereocenters. The third kappa shape index (κ3) is 4.44. The minimum Gasteiger partial charge on any atom is -0.339 e. The van der Waals surface area contributed by atoms with Gasteiger partial charge in [-0.1, -0.05) is 12.1 Å². The summed E-state index contributed by atoms with van der Waals surface area (Å²) < 4.78 is 1.25. The molecule has 10 heteroatoms. The van der Waals surface area contributed by atoms with Crippen molar-refractivity contribution in [2.45, 2.75) is 6.92 Å². The van der Waals surface area contributed by atoms with Crippen LogP contribution in [0.2, 0.25) is 0 Å². The van der Waals surface area contributed by atoms with Crippen LogP contribution in [0.25, 0.3) is 5.69 Å². The Hall–Kier alpha value is -2.78. The van der Waals surface area contributed by atoms with E-state index in [2.05, 4.69) is 10.4 Å². The second-order valence-corrected chi connectivity index (χ2v) is 5.49. The molecule has 1 N–H and O–H groups in total. The molecule has 0 saturated carbocycles. The number of amides is 1. The monoisotopic (exact) mass is 381 g/mol. The molecule has 0 aliphatic carbocycles. The highest BCUT2D eigenvalue weighted by Gasteiger charge is 2.21. The van der Waals surface area contributed by atoms with Crippen LogP contribution < -0.4 is 10.7 Å². The van der Waals surface area contributed by atoms with Crippen LogP contribution in [0.4, 0.5) is 5.69 Å². The van der Waals surface area contributed by atoms with Gasteiger partial charge in [0.05, 0.1) is 4.92 Å². The van der Waals surface area contributed by atoms with E-state index in [1.54, 1.807) is 27.1 Å². The van der Waals surface area contributed by atoms with Gasteiger partial charge < -0.3 is 10.2 Å². The van der Waals surface area contributed by atoms with Crippen LogP contribution in [0.1, 0.15) is 16.2 Å². The highest BCUT2D eigenvalue weighted by atomic mass is 35.5. The molecule has 140 valence electrons. The first kappa shape index (κ1) is 21.3. The summed E-state index contributed by atoms with van der Waals surface area (Å²) in [6.07, 6.45) is 0. The number of nitro benzene ring substituents is 1. The number of carbonyl (C=O) groups is 1. The zero-order chi connectivity index (χ0) is 18.6. The molecule has 2 rings (SSSR count). The quantitative estimate of drug-likeness (QED) is 0.594. The van der Waals surface area contributed by atoms with Crippen molar-refractivity contribution in [1.29, 1.82) is 0 Å². The first-order chi connectivity index (χ1) is 11.9. The first-order valence-corrected chi connectivity index (χ1v) is 7.61. The Labute approximate surface area is 156 Å². The van der Waals surface area contributed by atoms with Gasteiger partial charge in [-0.2, -0.15) is 5.10 Å². The Kier molecular flexibility index (Phi) is 7.41. The van der Waals surface area contributed by atoms with E-state index in [0.717, 1.165) is 0 Å². The molecular weight excluding hydrogens is 362 g/mol. The third-order valence-corrected chi connectivity index (χ3v) is 3.66. The average molecular weight is 382 g/mol.